The highest BCUT2D eigenvalue weighted by Gasteiger charge is 2.48. The summed E-state index contributed by atoms with van der Waals surface area (Å²) in [7, 11) is 0. The molecular formula is C21H27N3O. The van der Waals surface area contributed by atoms with Crippen molar-refractivity contribution in [1.29, 1.82) is 0 Å². The van der Waals surface area contributed by atoms with Crippen molar-refractivity contribution < 1.29 is 4.79 Å². The Morgan fingerprint density at radius 1 is 1.20 bits per heavy atom. The number of carbonyl (C=O) groups is 1. The number of fused-ring (bicyclic) bond motifs is 1. The minimum Gasteiger partial charge on any atom is -0.335 e. The second-order valence-corrected chi connectivity index (χ2v) is 8.03. The summed E-state index contributed by atoms with van der Waals surface area (Å²) in [6, 6.07) is 10.0. The van der Waals surface area contributed by atoms with E-state index in [4.69, 9.17) is 0 Å². The summed E-state index contributed by atoms with van der Waals surface area (Å²) in [6.07, 6.45) is 5.27. The highest BCUT2D eigenvalue weighted by molar-refractivity contribution is 6.05. The van der Waals surface area contributed by atoms with Gasteiger partial charge in [0.2, 0.25) is 0 Å². The van der Waals surface area contributed by atoms with E-state index in [9.17, 15) is 4.79 Å². The van der Waals surface area contributed by atoms with Crippen LogP contribution in [0, 0.1) is 5.92 Å². The van der Waals surface area contributed by atoms with Crippen LogP contribution >= 0.6 is 0 Å². The van der Waals surface area contributed by atoms with Crippen molar-refractivity contribution in [2.75, 3.05) is 26.2 Å². The second kappa shape index (κ2) is 6.41. The van der Waals surface area contributed by atoms with Crippen molar-refractivity contribution >= 4 is 16.7 Å². The molecular weight excluding hydrogens is 310 g/mol. The van der Waals surface area contributed by atoms with E-state index in [1.54, 1.807) is 6.20 Å². The summed E-state index contributed by atoms with van der Waals surface area (Å²) in [6.45, 7) is 8.56. The number of nitrogens with zero attached hydrogens (tertiary/aromatic N) is 3. The van der Waals surface area contributed by atoms with E-state index in [-0.39, 0.29) is 11.4 Å². The van der Waals surface area contributed by atoms with Crippen molar-refractivity contribution in [1.82, 2.24) is 14.8 Å². The quantitative estimate of drug-likeness (QED) is 0.859. The highest BCUT2D eigenvalue weighted by Crippen LogP contribution is 2.39. The fourth-order valence-corrected chi connectivity index (χ4v) is 4.50. The Morgan fingerprint density at radius 2 is 2.04 bits per heavy atom. The van der Waals surface area contributed by atoms with Crippen LogP contribution in [0.2, 0.25) is 0 Å². The summed E-state index contributed by atoms with van der Waals surface area (Å²) in [5, 5.41) is 2.04. The maximum absolute atomic E-state index is 13.2. The molecule has 2 aliphatic heterocycles. The third kappa shape index (κ3) is 2.93. The van der Waals surface area contributed by atoms with Gasteiger partial charge in [-0.05, 0) is 36.6 Å². The van der Waals surface area contributed by atoms with Gasteiger partial charge in [0.25, 0.3) is 5.91 Å². The molecule has 3 heterocycles. The SMILES string of the molecule is CC(C)CN1CC[C@@]12CCCN(C(=O)c1nccc3ccccc13)C2. The van der Waals surface area contributed by atoms with Crippen LogP contribution in [0.15, 0.2) is 36.5 Å². The first kappa shape index (κ1) is 16.5. The minimum absolute atomic E-state index is 0.0901. The van der Waals surface area contributed by atoms with E-state index in [2.05, 4.69) is 23.7 Å². The third-order valence-electron chi connectivity index (χ3n) is 5.82. The van der Waals surface area contributed by atoms with Gasteiger partial charge in [-0.2, -0.15) is 0 Å². The van der Waals surface area contributed by atoms with Gasteiger partial charge in [-0.15, -0.1) is 0 Å². The average Bonchev–Trinajstić information content (AvgIpc) is 2.64. The maximum Gasteiger partial charge on any atom is 0.273 e. The summed E-state index contributed by atoms with van der Waals surface area (Å²) in [4.78, 5) is 22.3. The topological polar surface area (TPSA) is 36.4 Å². The van der Waals surface area contributed by atoms with Crippen LogP contribution in [0.5, 0.6) is 0 Å². The van der Waals surface area contributed by atoms with Crippen molar-refractivity contribution in [3.05, 3.63) is 42.2 Å². The Hall–Kier alpha value is -1.94. The molecule has 0 saturated carbocycles. The van der Waals surface area contributed by atoms with Gasteiger partial charge < -0.3 is 4.90 Å². The number of aromatic nitrogens is 1. The van der Waals surface area contributed by atoms with E-state index < -0.39 is 0 Å². The Kier molecular flexibility index (Phi) is 4.24. The Balaban J connectivity index is 1.58. The lowest BCUT2D eigenvalue weighted by Gasteiger charge is -2.57. The first-order chi connectivity index (χ1) is 12.1. The van der Waals surface area contributed by atoms with Crippen LogP contribution < -0.4 is 0 Å². The molecule has 2 aromatic rings. The monoisotopic (exact) mass is 337 g/mol. The molecule has 25 heavy (non-hydrogen) atoms. The van der Waals surface area contributed by atoms with E-state index in [0.717, 1.165) is 36.8 Å². The smallest absolute Gasteiger partial charge is 0.273 e. The molecule has 0 radical (unpaired) electrons. The summed E-state index contributed by atoms with van der Waals surface area (Å²) in [5.41, 5.74) is 0.813. The molecule has 4 nitrogen and oxygen atoms in total. The third-order valence-corrected chi connectivity index (χ3v) is 5.82. The van der Waals surface area contributed by atoms with Crippen LogP contribution in [0.4, 0.5) is 0 Å². The van der Waals surface area contributed by atoms with Crippen LogP contribution in [0.1, 0.15) is 43.6 Å². The highest BCUT2D eigenvalue weighted by atomic mass is 16.2. The normalized spacial score (nSPS) is 24.0. The Bertz CT molecular complexity index is 782. The first-order valence-corrected chi connectivity index (χ1v) is 9.47. The van der Waals surface area contributed by atoms with Crippen LogP contribution in [-0.4, -0.2) is 52.4 Å². The fraction of sp³-hybridized carbons (Fsp3) is 0.524. The molecule has 2 fully saturated rings. The predicted octanol–water partition coefficient (Wildman–Crippen LogP) is 3.57. The number of hydrogen-bond acceptors (Lipinski definition) is 3. The minimum atomic E-state index is 0.0901. The van der Waals surface area contributed by atoms with Gasteiger partial charge in [0.05, 0.1) is 0 Å². The van der Waals surface area contributed by atoms with Gasteiger partial charge in [0, 0.05) is 43.3 Å². The van der Waals surface area contributed by atoms with Gasteiger partial charge in [0.15, 0.2) is 0 Å². The number of amides is 1. The molecule has 0 N–H and O–H groups in total. The van der Waals surface area contributed by atoms with Crippen molar-refractivity contribution in [3.8, 4) is 0 Å². The molecule has 0 unspecified atom stereocenters. The molecule has 1 spiro atoms. The van der Waals surface area contributed by atoms with Crippen LogP contribution in [0.25, 0.3) is 10.8 Å². The molecule has 1 atom stereocenters. The first-order valence-electron chi connectivity index (χ1n) is 9.47. The van der Waals surface area contributed by atoms with E-state index in [1.807, 2.05) is 35.2 Å². The summed E-state index contributed by atoms with van der Waals surface area (Å²) >= 11 is 0. The average molecular weight is 337 g/mol. The molecule has 1 aromatic carbocycles. The van der Waals surface area contributed by atoms with E-state index >= 15 is 0 Å². The number of hydrogen-bond donors (Lipinski definition) is 0. The fourth-order valence-electron chi connectivity index (χ4n) is 4.50. The zero-order chi connectivity index (χ0) is 17.4. The molecule has 2 saturated heterocycles. The maximum atomic E-state index is 13.2. The van der Waals surface area contributed by atoms with Crippen LogP contribution in [0.3, 0.4) is 0 Å². The Labute approximate surface area is 149 Å². The van der Waals surface area contributed by atoms with Gasteiger partial charge in [-0.3, -0.25) is 14.7 Å². The van der Waals surface area contributed by atoms with Gasteiger partial charge >= 0.3 is 0 Å². The number of pyridine rings is 1. The number of carbonyl (C=O) groups excluding carboxylic acids is 1. The standard InChI is InChI=1S/C21H27N3O/c1-16(2)14-24-13-10-21(24)9-5-12-23(15-21)20(25)19-18-7-4-3-6-17(18)8-11-22-19/h3-4,6-8,11,16H,5,9-10,12-15H2,1-2H3/t21-/m1/s1. The largest absolute Gasteiger partial charge is 0.335 e. The Morgan fingerprint density at radius 3 is 2.80 bits per heavy atom. The molecule has 1 aromatic heterocycles. The summed E-state index contributed by atoms with van der Waals surface area (Å²) < 4.78 is 0. The lowest BCUT2D eigenvalue weighted by atomic mass is 9.77. The van der Waals surface area contributed by atoms with Crippen LogP contribution in [-0.2, 0) is 0 Å². The number of benzene rings is 1. The summed E-state index contributed by atoms with van der Waals surface area (Å²) in [5.74, 6) is 0.759. The van der Waals surface area contributed by atoms with Crippen molar-refractivity contribution in [2.24, 2.45) is 5.92 Å². The lowest BCUT2D eigenvalue weighted by Crippen LogP contribution is -2.68. The van der Waals surface area contributed by atoms with E-state index in [1.165, 1.54) is 19.4 Å². The molecule has 4 heteroatoms. The molecule has 0 bridgehead atoms. The molecule has 2 aliphatic rings. The lowest BCUT2D eigenvalue weighted by molar-refractivity contribution is -0.0648. The molecule has 1 amide bonds. The number of likely N-dealkylation sites (tertiary alicyclic amines) is 2. The van der Waals surface area contributed by atoms with E-state index in [0.29, 0.717) is 11.6 Å². The predicted molar refractivity (Wildman–Crippen MR) is 101 cm³/mol. The van der Waals surface area contributed by atoms with Crippen molar-refractivity contribution in [3.63, 3.8) is 0 Å². The molecule has 4 rings (SSSR count). The van der Waals surface area contributed by atoms with Gasteiger partial charge in [-0.25, -0.2) is 0 Å². The zero-order valence-corrected chi connectivity index (χ0v) is 15.2. The molecule has 132 valence electrons. The number of piperidine rings is 1. The number of rotatable bonds is 3. The second-order valence-electron chi connectivity index (χ2n) is 8.03. The van der Waals surface area contributed by atoms with Crippen molar-refractivity contribution in [2.45, 2.75) is 38.6 Å². The molecule has 0 aliphatic carbocycles. The van der Waals surface area contributed by atoms with Gasteiger partial charge in [-0.1, -0.05) is 38.1 Å². The van der Waals surface area contributed by atoms with Gasteiger partial charge in [0.1, 0.15) is 5.69 Å². The zero-order valence-electron chi connectivity index (χ0n) is 15.2.